The normalized spacial score (nSPS) is 16.5. The van der Waals surface area contributed by atoms with Crippen LogP contribution in [0.5, 0.6) is 0 Å². The third-order valence-electron chi connectivity index (χ3n) is 4.74. The van der Waals surface area contributed by atoms with Crippen LogP contribution >= 0.6 is 0 Å². The molecule has 0 aliphatic heterocycles. The molecule has 1 aromatic carbocycles. The first-order valence-electron chi connectivity index (χ1n) is 8.43. The number of rotatable bonds is 4. The zero-order chi connectivity index (χ0) is 16.9. The summed E-state index contributed by atoms with van der Waals surface area (Å²) < 4.78 is 4.92. The van der Waals surface area contributed by atoms with Gasteiger partial charge in [0.2, 0.25) is 0 Å². The highest BCUT2D eigenvalue weighted by molar-refractivity contribution is 6.06. The van der Waals surface area contributed by atoms with Gasteiger partial charge in [-0.1, -0.05) is 37.5 Å². The summed E-state index contributed by atoms with van der Waals surface area (Å²) in [4.78, 5) is 29.3. The first-order chi connectivity index (χ1) is 11.7. The Morgan fingerprint density at radius 1 is 1.17 bits per heavy atom. The summed E-state index contributed by atoms with van der Waals surface area (Å²) in [6.45, 7) is 0. The molecule has 0 saturated heterocycles. The number of nitrogens with one attached hydrogen (secondary N) is 1. The topological polar surface area (TPSA) is 68.3 Å². The molecule has 126 valence electrons. The Balaban J connectivity index is 1.85. The molecule has 0 spiro atoms. The number of methoxy groups -OCH3 is 1. The molecule has 5 heteroatoms. The zero-order valence-corrected chi connectivity index (χ0v) is 13.8. The van der Waals surface area contributed by atoms with Crippen molar-refractivity contribution in [2.45, 2.75) is 38.1 Å². The second-order valence-electron chi connectivity index (χ2n) is 6.25. The molecule has 5 nitrogen and oxygen atoms in total. The van der Waals surface area contributed by atoms with Gasteiger partial charge in [-0.15, -0.1) is 0 Å². The highest BCUT2D eigenvalue weighted by atomic mass is 16.5. The van der Waals surface area contributed by atoms with Crippen molar-refractivity contribution in [2.75, 3.05) is 7.11 Å². The van der Waals surface area contributed by atoms with Crippen molar-refractivity contribution in [3.63, 3.8) is 0 Å². The number of para-hydroxylation sites is 1. The van der Waals surface area contributed by atoms with Crippen LogP contribution in [0, 0.1) is 5.92 Å². The molecule has 1 N–H and O–H groups in total. The molecular formula is C19H22N2O3. The first-order valence-corrected chi connectivity index (χ1v) is 8.43. The molecule has 1 atom stereocenters. The minimum Gasteiger partial charge on any atom is -0.467 e. The maximum Gasteiger partial charge on any atom is 0.328 e. The van der Waals surface area contributed by atoms with Crippen molar-refractivity contribution in [3.05, 3.63) is 42.1 Å². The van der Waals surface area contributed by atoms with Gasteiger partial charge >= 0.3 is 5.97 Å². The summed E-state index contributed by atoms with van der Waals surface area (Å²) in [7, 11) is 1.36. The summed E-state index contributed by atoms with van der Waals surface area (Å²) in [5.74, 6) is -0.512. The number of carbonyl (C=O) groups is 2. The number of nitrogens with zero attached hydrogens (tertiary/aromatic N) is 1. The van der Waals surface area contributed by atoms with Crippen LogP contribution in [0.1, 0.15) is 42.5 Å². The maximum atomic E-state index is 12.8. The number of aromatic nitrogens is 1. The van der Waals surface area contributed by atoms with Gasteiger partial charge in [-0.25, -0.2) is 4.79 Å². The second kappa shape index (κ2) is 7.43. The number of hydrogen-bond acceptors (Lipinski definition) is 4. The molecule has 24 heavy (non-hydrogen) atoms. The smallest absolute Gasteiger partial charge is 0.328 e. The van der Waals surface area contributed by atoms with Gasteiger partial charge in [-0.2, -0.15) is 0 Å². The molecule has 3 rings (SSSR count). The van der Waals surface area contributed by atoms with Crippen molar-refractivity contribution < 1.29 is 14.3 Å². The Morgan fingerprint density at radius 2 is 1.92 bits per heavy atom. The Hall–Kier alpha value is -2.43. The molecule has 2 aromatic rings. The number of fused-ring (bicyclic) bond motifs is 1. The van der Waals surface area contributed by atoms with Crippen LogP contribution in [-0.2, 0) is 9.53 Å². The zero-order valence-electron chi connectivity index (χ0n) is 13.8. The Labute approximate surface area is 141 Å². The fourth-order valence-electron chi connectivity index (χ4n) is 3.47. The van der Waals surface area contributed by atoms with E-state index in [9.17, 15) is 9.59 Å². The summed E-state index contributed by atoms with van der Waals surface area (Å²) in [5.41, 5.74) is 1.13. The Morgan fingerprint density at radius 3 is 2.67 bits per heavy atom. The predicted octanol–water partition coefficient (Wildman–Crippen LogP) is 3.09. The quantitative estimate of drug-likeness (QED) is 0.877. The minimum absolute atomic E-state index is 0.137. The van der Waals surface area contributed by atoms with Gasteiger partial charge in [0.1, 0.15) is 6.04 Å². The van der Waals surface area contributed by atoms with Crippen LogP contribution in [0.15, 0.2) is 36.5 Å². The van der Waals surface area contributed by atoms with E-state index in [1.807, 2.05) is 24.3 Å². The third kappa shape index (κ3) is 3.40. The minimum atomic E-state index is -0.596. The molecule has 0 unspecified atom stereocenters. The molecule has 1 aliphatic carbocycles. The highest BCUT2D eigenvalue weighted by Crippen LogP contribution is 2.27. The molecule has 1 saturated carbocycles. The van der Waals surface area contributed by atoms with Crippen LogP contribution < -0.4 is 5.32 Å². The van der Waals surface area contributed by atoms with Crippen molar-refractivity contribution >= 4 is 22.8 Å². The van der Waals surface area contributed by atoms with E-state index in [1.54, 1.807) is 12.3 Å². The molecule has 1 fully saturated rings. The number of esters is 1. The van der Waals surface area contributed by atoms with Crippen molar-refractivity contribution in [3.8, 4) is 0 Å². The van der Waals surface area contributed by atoms with E-state index in [0.29, 0.717) is 11.1 Å². The molecule has 1 heterocycles. The standard InChI is InChI=1S/C19H22N2O3/c1-24-19(23)17(14-7-3-2-4-8-14)21-18(22)15-11-5-9-13-10-6-12-20-16(13)15/h5-6,9-12,14,17H,2-4,7-8H2,1H3,(H,21,22)/t17-/m0/s1. The number of hydrogen-bond donors (Lipinski definition) is 1. The second-order valence-corrected chi connectivity index (χ2v) is 6.25. The Bertz CT molecular complexity index is 733. The van der Waals surface area contributed by atoms with Gasteiger partial charge in [0.05, 0.1) is 18.2 Å². The molecule has 0 radical (unpaired) electrons. The van der Waals surface area contributed by atoms with Gasteiger partial charge in [-0.3, -0.25) is 9.78 Å². The lowest BCUT2D eigenvalue weighted by atomic mass is 9.83. The SMILES string of the molecule is COC(=O)[C@@H](NC(=O)c1cccc2cccnc12)C1CCCCC1. The summed E-state index contributed by atoms with van der Waals surface area (Å²) in [5, 5.41) is 3.79. The van der Waals surface area contributed by atoms with Gasteiger partial charge < -0.3 is 10.1 Å². The molecule has 1 amide bonds. The lowest BCUT2D eigenvalue weighted by molar-refractivity contribution is -0.144. The first kappa shape index (κ1) is 16.4. The van der Waals surface area contributed by atoms with E-state index in [0.717, 1.165) is 31.1 Å². The molecule has 0 bridgehead atoms. The fraction of sp³-hybridized carbons (Fsp3) is 0.421. The van der Waals surface area contributed by atoms with E-state index in [-0.39, 0.29) is 17.8 Å². The lowest BCUT2D eigenvalue weighted by Gasteiger charge is -2.29. The maximum absolute atomic E-state index is 12.8. The van der Waals surface area contributed by atoms with Crippen LogP contribution in [-0.4, -0.2) is 30.0 Å². The number of ether oxygens (including phenoxy) is 1. The van der Waals surface area contributed by atoms with Crippen LogP contribution in [0.2, 0.25) is 0 Å². The van der Waals surface area contributed by atoms with Crippen LogP contribution in [0.3, 0.4) is 0 Å². The highest BCUT2D eigenvalue weighted by Gasteiger charge is 2.32. The van der Waals surface area contributed by atoms with Crippen molar-refractivity contribution in [1.29, 1.82) is 0 Å². The number of benzene rings is 1. The summed E-state index contributed by atoms with van der Waals surface area (Å²) in [6.07, 6.45) is 6.90. The van der Waals surface area contributed by atoms with Gasteiger partial charge in [-0.05, 0) is 30.9 Å². The summed E-state index contributed by atoms with van der Waals surface area (Å²) in [6, 6.07) is 8.63. The van der Waals surface area contributed by atoms with Gasteiger partial charge in [0.15, 0.2) is 0 Å². The largest absolute Gasteiger partial charge is 0.467 e. The predicted molar refractivity (Wildman–Crippen MR) is 91.6 cm³/mol. The molecule has 1 aliphatic rings. The third-order valence-corrected chi connectivity index (χ3v) is 4.74. The van der Waals surface area contributed by atoms with Gasteiger partial charge in [0.25, 0.3) is 5.91 Å². The average Bonchev–Trinajstić information content (AvgIpc) is 2.65. The van der Waals surface area contributed by atoms with Gasteiger partial charge in [0, 0.05) is 11.6 Å². The molecular weight excluding hydrogens is 304 g/mol. The van der Waals surface area contributed by atoms with E-state index >= 15 is 0 Å². The molecule has 1 aromatic heterocycles. The van der Waals surface area contributed by atoms with E-state index < -0.39 is 6.04 Å². The lowest BCUT2D eigenvalue weighted by Crippen LogP contribution is -2.47. The average molecular weight is 326 g/mol. The van der Waals surface area contributed by atoms with Crippen LogP contribution in [0.25, 0.3) is 10.9 Å². The number of amides is 1. The van der Waals surface area contributed by atoms with Crippen molar-refractivity contribution in [2.24, 2.45) is 5.92 Å². The number of carbonyl (C=O) groups excluding carboxylic acids is 2. The van der Waals surface area contributed by atoms with Crippen LogP contribution in [0.4, 0.5) is 0 Å². The summed E-state index contributed by atoms with van der Waals surface area (Å²) >= 11 is 0. The fourth-order valence-corrected chi connectivity index (χ4v) is 3.47. The van der Waals surface area contributed by atoms with Crippen molar-refractivity contribution in [1.82, 2.24) is 10.3 Å². The monoisotopic (exact) mass is 326 g/mol. The van der Waals surface area contributed by atoms with E-state index in [1.165, 1.54) is 13.5 Å². The number of pyridine rings is 1. The van der Waals surface area contributed by atoms with E-state index in [2.05, 4.69) is 10.3 Å². The van der Waals surface area contributed by atoms with E-state index in [4.69, 9.17) is 4.74 Å². The Kier molecular flexibility index (Phi) is 5.08.